The Kier molecular flexibility index (Phi) is 6.28. The molecule has 34 heavy (non-hydrogen) atoms. The quantitative estimate of drug-likeness (QED) is 0.282. The van der Waals surface area contributed by atoms with E-state index in [0.29, 0.717) is 17.7 Å². The second-order valence-corrected chi connectivity index (χ2v) is 8.73. The normalized spacial score (nSPS) is 12.8. The van der Waals surface area contributed by atoms with Crippen LogP contribution in [-0.4, -0.2) is 15.0 Å². The third-order valence-electron chi connectivity index (χ3n) is 5.09. The molecule has 0 unspecified atom stereocenters. The molecule has 0 aliphatic carbocycles. The molecule has 182 valence electrons. The van der Waals surface area contributed by atoms with Crippen molar-refractivity contribution in [3.8, 4) is 22.7 Å². The van der Waals surface area contributed by atoms with Gasteiger partial charge in [-0.1, -0.05) is 39.0 Å². The zero-order valence-corrected chi connectivity index (χ0v) is 19.3. The number of alkyl halides is 6. The van der Waals surface area contributed by atoms with Crippen LogP contribution in [0.2, 0.25) is 0 Å². The molecule has 0 saturated heterocycles. The van der Waals surface area contributed by atoms with E-state index in [-0.39, 0.29) is 40.6 Å². The molecule has 4 nitrogen and oxygen atoms in total. The molecule has 0 fully saturated rings. The van der Waals surface area contributed by atoms with Crippen molar-refractivity contribution in [3.05, 3.63) is 59.1 Å². The SMILES string of the molecule is Cc1nc(C(C)(C)C)oc1-c1nc2c(C(F)(F)F)cc(-c3ccccc3C(F)(F)F)cc2[nH]1.Cl. The minimum absolute atomic E-state index is 0. The Morgan fingerprint density at radius 1 is 0.853 bits per heavy atom. The lowest BCUT2D eigenvalue weighted by atomic mass is 9.96. The summed E-state index contributed by atoms with van der Waals surface area (Å²) in [5.41, 5.74) is -3.28. The first-order valence-electron chi connectivity index (χ1n) is 9.92. The zero-order chi connectivity index (χ0) is 24.3. The number of fused-ring (bicyclic) bond motifs is 1. The van der Waals surface area contributed by atoms with E-state index in [9.17, 15) is 26.3 Å². The van der Waals surface area contributed by atoms with Gasteiger partial charge in [0.2, 0.25) is 5.89 Å². The van der Waals surface area contributed by atoms with Crippen LogP contribution in [0.3, 0.4) is 0 Å². The van der Waals surface area contributed by atoms with E-state index < -0.39 is 34.4 Å². The molecule has 0 aliphatic rings. The van der Waals surface area contributed by atoms with Crippen molar-refractivity contribution in [2.75, 3.05) is 0 Å². The molecule has 0 radical (unpaired) electrons. The highest BCUT2D eigenvalue weighted by Crippen LogP contribution is 2.42. The number of aryl methyl sites for hydroxylation is 1. The maximum atomic E-state index is 13.9. The van der Waals surface area contributed by atoms with Gasteiger partial charge in [-0.2, -0.15) is 26.3 Å². The van der Waals surface area contributed by atoms with Gasteiger partial charge in [-0.3, -0.25) is 0 Å². The van der Waals surface area contributed by atoms with Crippen LogP contribution in [-0.2, 0) is 17.8 Å². The van der Waals surface area contributed by atoms with Crippen molar-refractivity contribution in [1.29, 1.82) is 0 Å². The van der Waals surface area contributed by atoms with Gasteiger partial charge in [0.15, 0.2) is 11.6 Å². The van der Waals surface area contributed by atoms with E-state index in [4.69, 9.17) is 4.42 Å². The van der Waals surface area contributed by atoms with E-state index in [2.05, 4.69) is 15.0 Å². The van der Waals surface area contributed by atoms with Crippen LogP contribution in [0.25, 0.3) is 33.7 Å². The van der Waals surface area contributed by atoms with Gasteiger partial charge in [0, 0.05) is 5.41 Å². The molecule has 2 aromatic carbocycles. The van der Waals surface area contributed by atoms with Crippen LogP contribution in [0.15, 0.2) is 40.8 Å². The lowest BCUT2D eigenvalue weighted by Crippen LogP contribution is -2.11. The molecular formula is C23H20ClF6N3O. The first-order valence-corrected chi connectivity index (χ1v) is 9.92. The highest BCUT2D eigenvalue weighted by Gasteiger charge is 2.37. The van der Waals surface area contributed by atoms with Crippen molar-refractivity contribution in [1.82, 2.24) is 15.0 Å². The molecule has 0 aliphatic heterocycles. The predicted octanol–water partition coefficient (Wildman–Crippen LogP) is 7.95. The van der Waals surface area contributed by atoms with Gasteiger partial charge in [0.1, 0.15) is 5.52 Å². The molecule has 0 atom stereocenters. The number of aromatic nitrogens is 3. The number of nitrogens with zero attached hydrogens (tertiary/aromatic N) is 2. The van der Waals surface area contributed by atoms with Crippen molar-refractivity contribution in [3.63, 3.8) is 0 Å². The third kappa shape index (κ3) is 4.64. The molecule has 1 N–H and O–H groups in total. The fourth-order valence-corrected chi connectivity index (χ4v) is 3.52. The summed E-state index contributed by atoms with van der Waals surface area (Å²) < 4.78 is 87.9. The molecule has 0 saturated carbocycles. The lowest BCUT2D eigenvalue weighted by Gasteiger charge is -2.15. The van der Waals surface area contributed by atoms with Crippen LogP contribution < -0.4 is 0 Å². The second-order valence-electron chi connectivity index (χ2n) is 8.73. The van der Waals surface area contributed by atoms with E-state index in [1.165, 1.54) is 18.2 Å². The fraction of sp³-hybridized carbons (Fsp3) is 0.304. The Hall–Kier alpha value is -3.01. The summed E-state index contributed by atoms with van der Waals surface area (Å²) in [6.07, 6.45) is -9.58. The van der Waals surface area contributed by atoms with E-state index in [1.54, 1.807) is 6.92 Å². The summed E-state index contributed by atoms with van der Waals surface area (Å²) in [4.78, 5) is 11.2. The highest BCUT2D eigenvalue weighted by atomic mass is 35.5. The Bertz CT molecular complexity index is 1350. The van der Waals surface area contributed by atoms with Gasteiger partial charge in [-0.15, -0.1) is 12.4 Å². The summed E-state index contributed by atoms with van der Waals surface area (Å²) in [6, 6.07) is 6.40. The Balaban J connectivity index is 0.00000324. The van der Waals surface area contributed by atoms with Crippen molar-refractivity contribution < 1.29 is 30.8 Å². The molecule has 11 heteroatoms. The number of benzene rings is 2. The summed E-state index contributed by atoms with van der Waals surface area (Å²) >= 11 is 0. The summed E-state index contributed by atoms with van der Waals surface area (Å²) in [6.45, 7) is 7.24. The van der Waals surface area contributed by atoms with E-state index in [0.717, 1.165) is 12.1 Å². The molecular weight excluding hydrogens is 484 g/mol. The van der Waals surface area contributed by atoms with Gasteiger partial charge >= 0.3 is 12.4 Å². The van der Waals surface area contributed by atoms with Crippen LogP contribution in [0.1, 0.15) is 43.5 Å². The first-order chi connectivity index (χ1) is 15.2. The Morgan fingerprint density at radius 2 is 1.47 bits per heavy atom. The van der Waals surface area contributed by atoms with Crippen molar-refractivity contribution in [2.24, 2.45) is 0 Å². The van der Waals surface area contributed by atoms with Crippen LogP contribution in [0.5, 0.6) is 0 Å². The largest absolute Gasteiger partial charge is 0.437 e. The number of H-pyrrole nitrogens is 1. The average molecular weight is 504 g/mol. The molecule has 0 spiro atoms. The number of aromatic amines is 1. The lowest BCUT2D eigenvalue weighted by molar-refractivity contribution is -0.137. The first kappa shape index (κ1) is 25.6. The van der Waals surface area contributed by atoms with E-state index >= 15 is 0 Å². The van der Waals surface area contributed by atoms with Crippen molar-refractivity contribution >= 4 is 23.4 Å². The number of hydrogen-bond acceptors (Lipinski definition) is 3. The number of rotatable bonds is 2. The van der Waals surface area contributed by atoms with E-state index in [1.807, 2.05) is 20.8 Å². The molecule has 4 rings (SSSR count). The molecule has 0 bridgehead atoms. The van der Waals surface area contributed by atoms with Crippen LogP contribution in [0.4, 0.5) is 26.3 Å². The van der Waals surface area contributed by atoms with Crippen molar-refractivity contribution in [2.45, 2.75) is 45.5 Å². The molecule has 2 aromatic heterocycles. The number of oxazole rings is 1. The number of hydrogen-bond donors (Lipinski definition) is 1. The van der Waals surface area contributed by atoms with Gasteiger partial charge < -0.3 is 9.40 Å². The van der Waals surface area contributed by atoms with Gasteiger partial charge in [0.05, 0.1) is 22.3 Å². The topological polar surface area (TPSA) is 54.7 Å². The standard InChI is InChI=1S/C23H19F6N3O.ClH/c1-11-18(33-20(30-11)21(2,3)4)19-31-16-10-12(9-15(17(16)32-19)23(27,28)29)13-7-5-6-8-14(13)22(24,25)26;/h5-10H,1-4H3,(H,31,32);1H. The smallest absolute Gasteiger partial charge is 0.418 e. The van der Waals surface area contributed by atoms with Crippen LogP contribution in [0, 0.1) is 6.92 Å². The third-order valence-corrected chi connectivity index (χ3v) is 5.09. The fourth-order valence-electron chi connectivity index (χ4n) is 3.52. The zero-order valence-electron chi connectivity index (χ0n) is 18.4. The molecule has 4 aromatic rings. The number of nitrogens with one attached hydrogen (secondary N) is 1. The summed E-state index contributed by atoms with van der Waals surface area (Å²) in [5.74, 6) is 0.560. The minimum Gasteiger partial charge on any atom is -0.437 e. The predicted molar refractivity (Wildman–Crippen MR) is 118 cm³/mol. The van der Waals surface area contributed by atoms with Gasteiger partial charge in [-0.25, -0.2) is 9.97 Å². The highest BCUT2D eigenvalue weighted by molar-refractivity contribution is 5.88. The Labute approximate surface area is 196 Å². The number of halogens is 7. The van der Waals surface area contributed by atoms with Crippen LogP contribution >= 0.6 is 12.4 Å². The summed E-state index contributed by atoms with van der Waals surface area (Å²) in [5, 5.41) is 0. The molecule has 0 amide bonds. The maximum Gasteiger partial charge on any atom is 0.418 e. The molecule has 2 heterocycles. The average Bonchev–Trinajstić information content (AvgIpc) is 3.28. The maximum absolute atomic E-state index is 13.9. The second kappa shape index (κ2) is 8.33. The summed E-state index contributed by atoms with van der Waals surface area (Å²) in [7, 11) is 0. The minimum atomic E-state index is -4.85. The monoisotopic (exact) mass is 503 g/mol. The van der Waals surface area contributed by atoms with Gasteiger partial charge in [0.25, 0.3) is 0 Å². The Morgan fingerprint density at radius 3 is 2.03 bits per heavy atom. The number of imidazole rings is 1. The van der Waals surface area contributed by atoms with Gasteiger partial charge in [-0.05, 0) is 36.2 Å².